The van der Waals surface area contributed by atoms with E-state index in [4.69, 9.17) is 4.74 Å². The summed E-state index contributed by atoms with van der Waals surface area (Å²) in [4.78, 5) is 13.5. The molecule has 1 amide bonds. The number of aryl methyl sites for hydroxylation is 1. The van der Waals surface area contributed by atoms with Crippen molar-refractivity contribution in [3.8, 4) is 5.75 Å². The van der Waals surface area contributed by atoms with E-state index >= 15 is 0 Å². The Kier molecular flexibility index (Phi) is 8.19. The van der Waals surface area contributed by atoms with Gasteiger partial charge in [-0.25, -0.2) is 13.1 Å². The molecule has 0 spiro atoms. The normalized spacial score (nSPS) is 18.8. The summed E-state index contributed by atoms with van der Waals surface area (Å²) in [7, 11) is -3.67. The van der Waals surface area contributed by atoms with Gasteiger partial charge in [0.05, 0.1) is 10.9 Å². The molecule has 1 fully saturated rings. The fourth-order valence-electron chi connectivity index (χ4n) is 5.61. The van der Waals surface area contributed by atoms with Crippen LogP contribution in [-0.2, 0) is 16.4 Å². The number of hydrogen-bond acceptors (Lipinski definition) is 5. The van der Waals surface area contributed by atoms with Crippen LogP contribution in [0.5, 0.6) is 5.75 Å². The Morgan fingerprint density at radius 2 is 1.70 bits per heavy atom. The van der Waals surface area contributed by atoms with Crippen molar-refractivity contribution in [3.63, 3.8) is 0 Å². The Hall–Kier alpha value is -3.36. The van der Waals surface area contributed by atoms with Crippen LogP contribution in [0.15, 0.2) is 71.6 Å². The van der Waals surface area contributed by atoms with Crippen molar-refractivity contribution in [2.24, 2.45) is 0 Å². The molecule has 0 aromatic heterocycles. The van der Waals surface area contributed by atoms with Crippen molar-refractivity contribution in [3.05, 3.63) is 83.4 Å². The van der Waals surface area contributed by atoms with Gasteiger partial charge in [0.2, 0.25) is 10.0 Å². The molecule has 0 saturated heterocycles. The molecular weight excluding hydrogens is 522 g/mol. The Morgan fingerprint density at radius 3 is 2.42 bits per heavy atom. The van der Waals surface area contributed by atoms with Gasteiger partial charge in [0.15, 0.2) is 0 Å². The summed E-state index contributed by atoms with van der Waals surface area (Å²) in [5, 5.41) is 6.51. The molecule has 1 heterocycles. The maximum atomic E-state index is 13.3. The van der Waals surface area contributed by atoms with E-state index < -0.39 is 10.0 Å². The van der Waals surface area contributed by atoms with Crippen LogP contribution in [0, 0.1) is 0 Å². The average molecular weight is 562 g/mol. The molecule has 3 aromatic rings. The van der Waals surface area contributed by atoms with E-state index in [0.717, 1.165) is 61.9 Å². The number of rotatable bonds is 8. The molecule has 0 radical (unpaired) electrons. The van der Waals surface area contributed by atoms with Gasteiger partial charge in [-0.3, -0.25) is 4.79 Å². The van der Waals surface area contributed by atoms with Crippen LogP contribution in [-0.4, -0.2) is 26.0 Å². The lowest BCUT2D eigenvalue weighted by Crippen LogP contribution is -2.37. The van der Waals surface area contributed by atoms with Gasteiger partial charge in [-0.15, -0.1) is 0 Å². The van der Waals surface area contributed by atoms with E-state index in [1.54, 1.807) is 24.3 Å². The molecule has 1 saturated carbocycles. The third-order valence-corrected chi connectivity index (χ3v) is 9.28. The van der Waals surface area contributed by atoms with Gasteiger partial charge >= 0.3 is 0 Å². The molecule has 40 heavy (non-hydrogen) atoms. The van der Waals surface area contributed by atoms with E-state index in [1.165, 1.54) is 11.6 Å². The second-order valence-electron chi connectivity index (χ2n) is 11.5. The van der Waals surface area contributed by atoms with Gasteiger partial charge in [-0.1, -0.05) is 44.4 Å². The van der Waals surface area contributed by atoms with E-state index in [0.29, 0.717) is 11.3 Å². The largest absolute Gasteiger partial charge is 0.487 e. The summed E-state index contributed by atoms with van der Waals surface area (Å²) >= 11 is 0. The van der Waals surface area contributed by atoms with Crippen molar-refractivity contribution < 1.29 is 17.9 Å². The summed E-state index contributed by atoms with van der Waals surface area (Å²) < 4.78 is 35.1. The number of benzene rings is 3. The van der Waals surface area contributed by atoms with Crippen molar-refractivity contribution >= 4 is 27.3 Å². The number of fused-ring (bicyclic) bond motifs is 1. The first-order valence-electron chi connectivity index (χ1n) is 14.2. The van der Waals surface area contributed by atoms with Gasteiger partial charge in [0.25, 0.3) is 5.91 Å². The summed E-state index contributed by atoms with van der Waals surface area (Å²) in [6.07, 6.45) is 6.65. The third-order valence-electron chi connectivity index (χ3n) is 7.76. The number of anilines is 2. The second kappa shape index (κ2) is 11.6. The molecule has 0 bridgehead atoms. The lowest BCUT2D eigenvalue weighted by Gasteiger charge is -2.38. The zero-order valence-corrected chi connectivity index (χ0v) is 24.3. The number of amides is 1. The molecule has 7 nitrogen and oxygen atoms in total. The molecule has 3 aromatic carbocycles. The fourth-order valence-corrected chi connectivity index (χ4v) is 6.97. The third kappa shape index (κ3) is 6.67. The predicted molar refractivity (Wildman–Crippen MR) is 160 cm³/mol. The van der Waals surface area contributed by atoms with Crippen molar-refractivity contribution in [2.75, 3.05) is 10.6 Å². The summed E-state index contributed by atoms with van der Waals surface area (Å²) in [6, 6.07) is 20.2. The minimum atomic E-state index is -3.67. The van der Waals surface area contributed by atoms with Crippen molar-refractivity contribution in [1.82, 2.24) is 4.72 Å². The SMILES string of the molecule is CCc1ccc(N[C@H]2CC(C)(C)Oc3ccc(C(=O)Nc4cccc(S(=O)(=O)NC5CCCCC5)c4)cc32)cc1. The molecule has 8 heteroatoms. The maximum Gasteiger partial charge on any atom is 0.255 e. The molecule has 0 unspecified atom stereocenters. The fraction of sp³-hybridized carbons (Fsp3) is 0.406. The lowest BCUT2D eigenvalue weighted by atomic mass is 9.88. The van der Waals surface area contributed by atoms with Gasteiger partial charge in [0, 0.05) is 35.0 Å². The minimum absolute atomic E-state index is 0.0363. The Labute approximate surface area is 237 Å². The van der Waals surface area contributed by atoms with Crippen LogP contribution in [0.1, 0.15) is 86.8 Å². The summed E-state index contributed by atoms with van der Waals surface area (Å²) in [6.45, 7) is 6.26. The van der Waals surface area contributed by atoms with Crippen LogP contribution in [0.3, 0.4) is 0 Å². The highest BCUT2D eigenvalue weighted by atomic mass is 32.2. The highest BCUT2D eigenvalue weighted by Gasteiger charge is 2.34. The molecule has 212 valence electrons. The van der Waals surface area contributed by atoms with Gasteiger partial charge < -0.3 is 15.4 Å². The average Bonchev–Trinajstić information content (AvgIpc) is 2.93. The van der Waals surface area contributed by atoms with Crippen LogP contribution in [0.25, 0.3) is 0 Å². The molecule has 1 aliphatic carbocycles. The van der Waals surface area contributed by atoms with Gasteiger partial charge in [-0.2, -0.15) is 0 Å². The number of sulfonamides is 1. The van der Waals surface area contributed by atoms with E-state index in [-0.39, 0.29) is 28.5 Å². The topological polar surface area (TPSA) is 96.5 Å². The zero-order chi connectivity index (χ0) is 28.3. The highest BCUT2D eigenvalue weighted by Crippen LogP contribution is 2.41. The van der Waals surface area contributed by atoms with E-state index in [1.807, 2.05) is 12.1 Å². The number of ether oxygens (including phenoxy) is 1. The van der Waals surface area contributed by atoms with Crippen LogP contribution in [0.4, 0.5) is 11.4 Å². The molecule has 1 aliphatic heterocycles. The number of nitrogens with one attached hydrogen (secondary N) is 3. The molecule has 5 rings (SSSR count). The molecule has 3 N–H and O–H groups in total. The second-order valence-corrected chi connectivity index (χ2v) is 13.2. The predicted octanol–water partition coefficient (Wildman–Crippen LogP) is 6.83. The first kappa shape index (κ1) is 28.2. The Balaban J connectivity index is 1.34. The van der Waals surface area contributed by atoms with Gasteiger partial charge in [0.1, 0.15) is 11.4 Å². The van der Waals surface area contributed by atoms with E-state index in [2.05, 4.69) is 60.4 Å². The summed E-state index contributed by atoms with van der Waals surface area (Å²) in [5.74, 6) is 0.436. The van der Waals surface area contributed by atoms with E-state index in [9.17, 15) is 13.2 Å². The molecule has 1 atom stereocenters. The highest BCUT2D eigenvalue weighted by molar-refractivity contribution is 7.89. The van der Waals surface area contributed by atoms with Crippen molar-refractivity contribution in [2.45, 2.75) is 88.3 Å². The minimum Gasteiger partial charge on any atom is -0.487 e. The first-order valence-corrected chi connectivity index (χ1v) is 15.7. The standard InChI is InChI=1S/C32H39N3O4S/c1-4-22-13-16-24(17-14-22)33-29-21-32(2,3)39-30-18-15-23(19-28(29)30)31(36)34-26-11-8-12-27(20-26)40(37,38)35-25-9-6-5-7-10-25/h8,11-20,25,29,33,35H,4-7,9-10,21H2,1-3H3,(H,34,36)/t29-/m0/s1. The number of carbonyl (C=O) groups is 1. The molecular formula is C32H39N3O4S. The van der Waals surface area contributed by atoms with Crippen LogP contribution >= 0.6 is 0 Å². The Morgan fingerprint density at radius 1 is 0.950 bits per heavy atom. The van der Waals surface area contributed by atoms with Crippen LogP contribution in [0.2, 0.25) is 0 Å². The molecule has 2 aliphatic rings. The monoisotopic (exact) mass is 561 g/mol. The number of hydrogen-bond donors (Lipinski definition) is 3. The van der Waals surface area contributed by atoms with Gasteiger partial charge in [-0.05, 0) is 87.2 Å². The first-order chi connectivity index (χ1) is 19.1. The number of carbonyl (C=O) groups excluding carboxylic acids is 1. The smallest absolute Gasteiger partial charge is 0.255 e. The Bertz CT molecular complexity index is 1460. The quantitative estimate of drug-likeness (QED) is 0.280. The lowest BCUT2D eigenvalue weighted by molar-refractivity contribution is 0.0758. The maximum absolute atomic E-state index is 13.3. The summed E-state index contributed by atoms with van der Waals surface area (Å²) in [5.41, 5.74) is 3.75. The zero-order valence-electron chi connectivity index (χ0n) is 23.5. The van der Waals surface area contributed by atoms with Crippen molar-refractivity contribution in [1.29, 1.82) is 0 Å². The van der Waals surface area contributed by atoms with Crippen LogP contribution < -0.4 is 20.1 Å².